The van der Waals surface area contributed by atoms with E-state index in [-0.39, 0.29) is 19.8 Å². The molecule has 2 atom stereocenters. The summed E-state index contributed by atoms with van der Waals surface area (Å²) >= 11 is 0. The number of phosphoric acid groups is 1. The lowest BCUT2D eigenvalue weighted by Gasteiger charge is -2.24. The Labute approximate surface area is 382 Å². The topological polar surface area (TPSA) is 92.7 Å². The maximum absolute atomic E-state index is 12.5. The van der Waals surface area contributed by atoms with Gasteiger partial charge in [0.05, 0.1) is 41.0 Å². The lowest BCUT2D eigenvalue weighted by molar-refractivity contribution is -0.870. The molecule has 0 rings (SSSR count). The molecule has 9 nitrogen and oxygen atoms in total. The summed E-state index contributed by atoms with van der Waals surface area (Å²) in [5, 5.41) is 0. The van der Waals surface area contributed by atoms with Gasteiger partial charge < -0.3 is 9.38 Å². The van der Waals surface area contributed by atoms with Crippen molar-refractivity contribution in [1.29, 1.82) is 0 Å². The highest BCUT2D eigenvalue weighted by Gasteiger charge is 2.26. The van der Waals surface area contributed by atoms with Crippen LogP contribution in [-0.4, -0.2) is 76.2 Å². The van der Waals surface area contributed by atoms with Crippen LogP contribution in [0.4, 0.5) is 0 Å². The molecule has 62 heavy (non-hydrogen) atoms. The van der Waals surface area contributed by atoms with Gasteiger partial charge in [0.15, 0.2) is 0 Å². The number of hydrogen-bond acceptors (Lipinski definition) is 7. The molecule has 0 aliphatic carbocycles. The molecule has 10 heteroatoms. The van der Waals surface area contributed by atoms with E-state index < -0.39 is 13.9 Å². The summed E-state index contributed by atoms with van der Waals surface area (Å²) < 4.78 is 23.4. The van der Waals surface area contributed by atoms with Crippen LogP contribution in [0.15, 0.2) is 0 Å². The molecule has 1 N–H and O–H groups in total. The smallest absolute Gasteiger partial charge is 0.329 e. The van der Waals surface area contributed by atoms with Crippen LogP contribution in [0.3, 0.4) is 0 Å². The van der Waals surface area contributed by atoms with Gasteiger partial charge in [0.1, 0.15) is 25.9 Å². The molecule has 0 aliphatic heterocycles. The zero-order valence-corrected chi connectivity index (χ0v) is 41.5. The van der Waals surface area contributed by atoms with Gasteiger partial charge in [-0.05, 0) is 62.2 Å². The Bertz CT molecular complexity index is 1290. The molecule has 0 fully saturated rings. The van der Waals surface area contributed by atoms with Gasteiger partial charge in [0, 0.05) is 25.7 Å². The van der Waals surface area contributed by atoms with Gasteiger partial charge in [-0.3, -0.25) is 9.05 Å². The van der Waals surface area contributed by atoms with Crippen LogP contribution < -0.4 is 0 Å². The van der Waals surface area contributed by atoms with Crippen LogP contribution in [-0.2, 0) is 33.2 Å². The first-order valence-corrected chi connectivity index (χ1v) is 26.6. The number of hydrogen-bond donors (Lipinski definition) is 1. The van der Waals surface area contributed by atoms with E-state index in [1.54, 1.807) is 0 Å². The Kier molecular flexibility index (Phi) is 45.7. The average Bonchev–Trinajstić information content (AvgIpc) is 3.24. The number of quaternary nitrogens is 1. The highest BCUT2D eigenvalue weighted by atomic mass is 31.2. The Balaban J connectivity index is 4.12. The maximum Gasteiger partial charge on any atom is 0.472 e. The van der Waals surface area contributed by atoms with E-state index >= 15 is 0 Å². The van der Waals surface area contributed by atoms with Crippen LogP contribution in [0.1, 0.15) is 219 Å². The summed E-state index contributed by atoms with van der Waals surface area (Å²) in [5.41, 5.74) is 0. The van der Waals surface area contributed by atoms with Crippen molar-refractivity contribution in [3.63, 3.8) is 0 Å². The molecule has 1 unspecified atom stereocenters. The van der Waals surface area contributed by atoms with Crippen LogP contribution in [0.5, 0.6) is 0 Å². The number of unbranched alkanes of at least 4 members (excludes halogenated alkanes) is 28. The molecule has 0 aromatic carbocycles. The molecule has 0 radical (unpaired) electrons. The molecule has 0 bridgehead atoms. The summed E-state index contributed by atoms with van der Waals surface area (Å²) in [7, 11) is 1.67. The van der Waals surface area contributed by atoms with E-state index in [0.29, 0.717) is 24.2 Å². The van der Waals surface area contributed by atoms with Gasteiger partial charge in [-0.25, -0.2) is 24.1 Å². The molecule has 0 aromatic heterocycles. The number of phosphoric ester groups is 1. The molecular formula is C52H93NO8P+. The molecule has 0 spiro atoms. The lowest BCUT2D eigenvalue weighted by Crippen LogP contribution is -2.37. The van der Waals surface area contributed by atoms with Crippen molar-refractivity contribution < 1.29 is 42.5 Å². The highest BCUT2D eigenvalue weighted by molar-refractivity contribution is 7.47. The summed E-state index contributed by atoms with van der Waals surface area (Å²) in [6, 6.07) is 0. The zero-order valence-electron chi connectivity index (χ0n) is 40.6. The summed E-state index contributed by atoms with van der Waals surface area (Å²) in [4.78, 5) is 31.9. The molecule has 0 saturated carbocycles. The van der Waals surface area contributed by atoms with Gasteiger partial charge in [-0.2, -0.15) is 0 Å². The van der Waals surface area contributed by atoms with Crippen molar-refractivity contribution in [1.82, 2.24) is 0 Å². The molecule has 0 amide bonds. The Morgan fingerprint density at radius 1 is 0.435 bits per heavy atom. The molecule has 0 heterocycles. The normalized spacial score (nSPS) is 12.5. The average molecular weight is 891 g/mol. The first-order valence-electron chi connectivity index (χ1n) is 25.1. The number of likely N-dealkylation sites (N-methyl/N-ethyl adjacent to an activating group) is 1. The van der Waals surface area contributed by atoms with Crippen molar-refractivity contribution in [2.24, 2.45) is 0 Å². The van der Waals surface area contributed by atoms with Crippen LogP contribution in [0, 0.1) is 47.4 Å². The van der Waals surface area contributed by atoms with Crippen molar-refractivity contribution in [2.75, 3.05) is 60.7 Å². The molecular weight excluding hydrogens is 798 g/mol. The van der Waals surface area contributed by atoms with Crippen molar-refractivity contribution in [2.45, 2.75) is 225 Å². The Morgan fingerprint density at radius 3 is 1.18 bits per heavy atom. The predicted molar refractivity (Wildman–Crippen MR) is 258 cm³/mol. The fraction of sp³-hybridized carbons (Fsp3) is 0.846. The molecule has 0 saturated heterocycles. The predicted octanol–water partition coefficient (Wildman–Crippen LogP) is 13.6. The largest absolute Gasteiger partial charge is 0.472 e. The fourth-order valence-electron chi connectivity index (χ4n) is 6.36. The first kappa shape index (κ1) is 60.2. The number of rotatable bonds is 44. The zero-order chi connectivity index (χ0) is 45.3. The SMILES string of the molecule is CCCCCCCCCCC#CC#CCCCCCCCCOOC[C@H](COP(=O)(O)OCC[N+](C)(C)C)OOCCCCCCCCC#CC#CCCCCCCCCCC. The van der Waals surface area contributed by atoms with Gasteiger partial charge in [0.2, 0.25) is 0 Å². The quantitative estimate of drug-likeness (QED) is 0.0161. The molecule has 0 aromatic rings. The number of nitrogens with zero attached hydrogens (tertiary/aromatic N) is 1. The van der Waals surface area contributed by atoms with E-state index in [0.717, 1.165) is 96.3 Å². The monoisotopic (exact) mass is 891 g/mol. The van der Waals surface area contributed by atoms with E-state index in [1.807, 2.05) is 21.1 Å². The Hall–Kier alpha value is -1.85. The van der Waals surface area contributed by atoms with Gasteiger partial charge in [-0.1, -0.05) is 179 Å². The summed E-state index contributed by atoms with van der Waals surface area (Å²) in [5.74, 6) is 24.8. The van der Waals surface area contributed by atoms with E-state index in [2.05, 4.69) is 61.2 Å². The molecule has 358 valence electrons. The van der Waals surface area contributed by atoms with Crippen molar-refractivity contribution >= 4 is 7.82 Å². The lowest BCUT2D eigenvalue weighted by atomic mass is 10.1. The second-order valence-electron chi connectivity index (χ2n) is 17.7. The van der Waals surface area contributed by atoms with Crippen LogP contribution >= 0.6 is 7.82 Å². The van der Waals surface area contributed by atoms with Crippen LogP contribution in [0.25, 0.3) is 0 Å². The van der Waals surface area contributed by atoms with Crippen LogP contribution in [0.2, 0.25) is 0 Å². The van der Waals surface area contributed by atoms with Gasteiger partial charge >= 0.3 is 7.82 Å². The summed E-state index contributed by atoms with van der Waals surface area (Å²) in [6.45, 7) is 5.75. The Morgan fingerprint density at radius 2 is 0.790 bits per heavy atom. The third kappa shape index (κ3) is 50.8. The van der Waals surface area contributed by atoms with E-state index in [9.17, 15) is 9.46 Å². The fourth-order valence-corrected chi connectivity index (χ4v) is 7.10. The second kappa shape index (κ2) is 47.1. The minimum Gasteiger partial charge on any atom is -0.329 e. The van der Waals surface area contributed by atoms with Crippen molar-refractivity contribution in [3.8, 4) is 47.4 Å². The minimum atomic E-state index is -4.27. The van der Waals surface area contributed by atoms with Gasteiger partial charge in [-0.15, -0.1) is 0 Å². The maximum atomic E-state index is 12.5. The minimum absolute atomic E-state index is 0.0167. The third-order valence-electron chi connectivity index (χ3n) is 10.3. The van der Waals surface area contributed by atoms with Crippen molar-refractivity contribution in [3.05, 3.63) is 0 Å². The third-order valence-corrected chi connectivity index (χ3v) is 11.3. The van der Waals surface area contributed by atoms with Gasteiger partial charge in [0.25, 0.3) is 0 Å². The van der Waals surface area contributed by atoms with E-state index in [4.69, 9.17) is 28.6 Å². The van der Waals surface area contributed by atoms with E-state index in [1.165, 1.54) is 109 Å². The standard InChI is InChI=1S/C52H92NO8P/c1-6-8-10-12-14-16-18-20-22-24-26-28-30-32-34-36-38-40-42-44-47-56-58-50-52(51-60-62(54,55)59-49-46-53(3,4)5)61-57-48-45-43-41-39-37-35-33-31-29-27-25-23-21-19-17-15-13-11-9-7-2/h52H,6-23,32-51H2,1-5H3/p+1/t52-/m1/s1. The highest BCUT2D eigenvalue weighted by Crippen LogP contribution is 2.43. The molecule has 0 aliphatic rings. The summed E-state index contributed by atoms with van der Waals surface area (Å²) in [6.07, 6.45) is 37.0. The first-order chi connectivity index (χ1) is 30.2. The second-order valence-corrected chi connectivity index (χ2v) is 19.1.